The first kappa shape index (κ1) is 22.3. The standard InChI is InChI=1S/C23H23BrN4O3S/c1-23(2,3)16-5-7-18(8-6-16)32(29,30)27-22-10-9-19(24)21-12-20(26-28(21)22)15-11-17(31-4)14-25-13-15/h5-14,27H,1-4H3. The van der Waals surface area contributed by atoms with Crippen molar-refractivity contribution in [1.29, 1.82) is 0 Å². The van der Waals surface area contributed by atoms with E-state index in [4.69, 9.17) is 4.74 Å². The van der Waals surface area contributed by atoms with Crippen molar-refractivity contribution in [3.05, 3.63) is 71.0 Å². The number of fused-ring (bicyclic) bond motifs is 1. The summed E-state index contributed by atoms with van der Waals surface area (Å²) in [5, 5.41) is 4.61. The van der Waals surface area contributed by atoms with Gasteiger partial charge in [0.25, 0.3) is 10.0 Å². The highest BCUT2D eigenvalue weighted by atomic mass is 79.9. The zero-order valence-corrected chi connectivity index (χ0v) is 20.5. The molecule has 0 spiro atoms. The number of hydrogen-bond acceptors (Lipinski definition) is 5. The van der Waals surface area contributed by atoms with Gasteiger partial charge in [-0.05, 0) is 63.3 Å². The van der Waals surface area contributed by atoms with Crippen LogP contribution in [0.1, 0.15) is 26.3 Å². The van der Waals surface area contributed by atoms with E-state index >= 15 is 0 Å². The Hall–Kier alpha value is -2.91. The van der Waals surface area contributed by atoms with Crippen LogP contribution in [-0.2, 0) is 15.4 Å². The molecular weight excluding hydrogens is 492 g/mol. The second kappa shape index (κ2) is 8.22. The number of anilines is 1. The molecular formula is C23H23BrN4O3S. The molecule has 1 aromatic carbocycles. The average molecular weight is 515 g/mol. The van der Waals surface area contributed by atoms with Gasteiger partial charge in [0.2, 0.25) is 0 Å². The summed E-state index contributed by atoms with van der Waals surface area (Å²) in [6.07, 6.45) is 3.29. The first-order valence-corrected chi connectivity index (χ1v) is 12.2. The van der Waals surface area contributed by atoms with Crippen molar-refractivity contribution in [3.8, 4) is 17.0 Å². The highest BCUT2D eigenvalue weighted by Crippen LogP contribution is 2.30. The van der Waals surface area contributed by atoms with Crippen molar-refractivity contribution in [3.63, 3.8) is 0 Å². The fourth-order valence-electron chi connectivity index (χ4n) is 3.26. The van der Waals surface area contributed by atoms with E-state index in [1.54, 1.807) is 48.3 Å². The number of halogens is 1. The minimum atomic E-state index is -3.80. The fraction of sp³-hybridized carbons (Fsp3) is 0.217. The summed E-state index contributed by atoms with van der Waals surface area (Å²) in [5.41, 5.74) is 3.11. The Labute approximate surface area is 195 Å². The van der Waals surface area contributed by atoms with Crippen molar-refractivity contribution < 1.29 is 13.2 Å². The summed E-state index contributed by atoms with van der Waals surface area (Å²) in [6, 6.07) is 14.1. The van der Waals surface area contributed by atoms with Gasteiger partial charge >= 0.3 is 0 Å². The molecule has 0 aliphatic carbocycles. The number of hydrogen-bond donors (Lipinski definition) is 1. The molecule has 0 unspecified atom stereocenters. The van der Waals surface area contributed by atoms with Crippen LogP contribution in [0.2, 0.25) is 0 Å². The number of sulfonamides is 1. The third-order valence-electron chi connectivity index (χ3n) is 5.08. The van der Waals surface area contributed by atoms with Gasteiger partial charge in [0.15, 0.2) is 0 Å². The van der Waals surface area contributed by atoms with Gasteiger partial charge in [-0.25, -0.2) is 12.9 Å². The smallest absolute Gasteiger partial charge is 0.263 e. The van der Waals surface area contributed by atoms with Gasteiger partial charge in [0.05, 0.1) is 29.4 Å². The van der Waals surface area contributed by atoms with Crippen molar-refractivity contribution in [1.82, 2.24) is 14.6 Å². The number of methoxy groups -OCH3 is 1. The van der Waals surface area contributed by atoms with E-state index in [-0.39, 0.29) is 10.3 Å². The van der Waals surface area contributed by atoms with Gasteiger partial charge < -0.3 is 4.74 Å². The molecule has 0 atom stereocenters. The van der Waals surface area contributed by atoms with E-state index in [0.717, 1.165) is 15.6 Å². The molecule has 0 amide bonds. The number of nitrogens with one attached hydrogen (secondary N) is 1. The van der Waals surface area contributed by atoms with E-state index in [1.165, 1.54) is 0 Å². The molecule has 4 rings (SSSR count). The molecule has 1 N–H and O–H groups in total. The summed E-state index contributed by atoms with van der Waals surface area (Å²) in [6.45, 7) is 6.25. The Morgan fingerprint density at radius 1 is 1.03 bits per heavy atom. The summed E-state index contributed by atoms with van der Waals surface area (Å²) in [4.78, 5) is 4.36. The normalized spacial score (nSPS) is 12.2. The molecule has 0 saturated heterocycles. The SMILES string of the molecule is COc1cncc(-c2cc3c(Br)ccc(NS(=O)(=O)c4ccc(C(C)(C)C)cc4)n3n2)c1. The molecule has 7 nitrogen and oxygen atoms in total. The summed E-state index contributed by atoms with van der Waals surface area (Å²) >= 11 is 3.52. The summed E-state index contributed by atoms with van der Waals surface area (Å²) in [5.74, 6) is 0.934. The van der Waals surface area contributed by atoms with Crippen LogP contribution in [0.5, 0.6) is 5.75 Å². The Morgan fingerprint density at radius 3 is 2.41 bits per heavy atom. The molecule has 4 aromatic rings. The van der Waals surface area contributed by atoms with Crippen LogP contribution in [-0.4, -0.2) is 30.1 Å². The van der Waals surface area contributed by atoms with Crippen molar-refractivity contribution >= 4 is 37.3 Å². The van der Waals surface area contributed by atoms with Crippen LogP contribution in [0.3, 0.4) is 0 Å². The first-order chi connectivity index (χ1) is 15.1. The predicted octanol–water partition coefficient (Wildman–Crippen LogP) is 5.27. The molecule has 0 bridgehead atoms. The maximum Gasteiger partial charge on any atom is 0.263 e. The second-order valence-corrected chi connectivity index (χ2v) is 10.9. The van der Waals surface area contributed by atoms with E-state index in [9.17, 15) is 8.42 Å². The topological polar surface area (TPSA) is 85.6 Å². The van der Waals surface area contributed by atoms with Crippen LogP contribution in [0.15, 0.2) is 70.3 Å². The molecule has 0 saturated carbocycles. The number of aromatic nitrogens is 3. The fourth-order valence-corrected chi connectivity index (χ4v) is 4.72. The zero-order valence-electron chi connectivity index (χ0n) is 18.1. The number of pyridine rings is 2. The van der Waals surface area contributed by atoms with Crippen molar-refractivity contribution in [2.75, 3.05) is 11.8 Å². The van der Waals surface area contributed by atoms with Gasteiger partial charge in [0.1, 0.15) is 11.6 Å². The van der Waals surface area contributed by atoms with Gasteiger partial charge in [0, 0.05) is 16.2 Å². The van der Waals surface area contributed by atoms with Crippen LogP contribution < -0.4 is 9.46 Å². The number of benzene rings is 1. The highest BCUT2D eigenvalue weighted by molar-refractivity contribution is 9.10. The molecule has 166 valence electrons. The quantitative estimate of drug-likeness (QED) is 0.392. The lowest BCUT2D eigenvalue weighted by molar-refractivity contribution is 0.413. The predicted molar refractivity (Wildman–Crippen MR) is 129 cm³/mol. The van der Waals surface area contributed by atoms with E-state index < -0.39 is 10.0 Å². The average Bonchev–Trinajstić information content (AvgIpc) is 3.22. The maximum absolute atomic E-state index is 13.1. The van der Waals surface area contributed by atoms with Gasteiger partial charge in [-0.1, -0.05) is 32.9 Å². The number of nitrogens with zero attached hydrogens (tertiary/aromatic N) is 3. The molecule has 32 heavy (non-hydrogen) atoms. The van der Waals surface area contributed by atoms with Crippen molar-refractivity contribution in [2.45, 2.75) is 31.1 Å². The maximum atomic E-state index is 13.1. The Bertz CT molecular complexity index is 1390. The van der Waals surface area contributed by atoms with Crippen LogP contribution >= 0.6 is 15.9 Å². The van der Waals surface area contributed by atoms with E-state index in [2.05, 4.69) is 51.5 Å². The lowest BCUT2D eigenvalue weighted by Gasteiger charge is -2.19. The molecule has 3 aromatic heterocycles. The summed E-state index contributed by atoms with van der Waals surface area (Å²) < 4.78 is 36.4. The van der Waals surface area contributed by atoms with E-state index in [0.29, 0.717) is 22.8 Å². The van der Waals surface area contributed by atoms with Gasteiger partial charge in [-0.3, -0.25) is 9.71 Å². The highest BCUT2D eigenvalue weighted by Gasteiger charge is 2.20. The molecule has 0 aliphatic heterocycles. The third kappa shape index (κ3) is 4.35. The van der Waals surface area contributed by atoms with Crippen LogP contribution in [0.25, 0.3) is 16.8 Å². The lowest BCUT2D eigenvalue weighted by Crippen LogP contribution is -2.16. The van der Waals surface area contributed by atoms with Crippen molar-refractivity contribution in [2.24, 2.45) is 0 Å². The van der Waals surface area contributed by atoms with Crippen LogP contribution in [0.4, 0.5) is 5.82 Å². The molecule has 9 heteroatoms. The Morgan fingerprint density at radius 2 is 1.75 bits per heavy atom. The zero-order chi connectivity index (χ0) is 23.1. The first-order valence-electron chi connectivity index (χ1n) is 9.89. The largest absolute Gasteiger partial charge is 0.495 e. The molecule has 0 aliphatic rings. The van der Waals surface area contributed by atoms with Gasteiger partial charge in [-0.2, -0.15) is 5.10 Å². The molecule has 0 radical (unpaired) electrons. The van der Waals surface area contributed by atoms with Crippen LogP contribution in [0, 0.1) is 0 Å². The number of ether oxygens (including phenoxy) is 1. The summed E-state index contributed by atoms with van der Waals surface area (Å²) in [7, 11) is -2.23. The van der Waals surface area contributed by atoms with Gasteiger partial charge in [-0.15, -0.1) is 0 Å². The number of rotatable bonds is 5. The lowest BCUT2D eigenvalue weighted by atomic mass is 9.87. The monoisotopic (exact) mass is 514 g/mol. The molecule has 0 fully saturated rings. The minimum Gasteiger partial charge on any atom is -0.495 e. The third-order valence-corrected chi connectivity index (χ3v) is 7.13. The minimum absolute atomic E-state index is 0.0615. The Kier molecular flexibility index (Phi) is 5.72. The van der Waals surface area contributed by atoms with E-state index in [1.807, 2.05) is 24.3 Å². The Balaban J connectivity index is 1.73. The second-order valence-electron chi connectivity index (χ2n) is 8.39. The molecule has 3 heterocycles.